The van der Waals surface area contributed by atoms with E-state index < -0.39 is 23.6 Å². The number of primary amides is 1. The Hall–Kier alpha value is -2.84. The van der Waals surface area contributed by atoms with Crippen molar-refractivity contribution in [2.24, 2.45) is 5.73 Å². The lowest BCUT2D eigenvalue weighted by atomic mass is 10.1. The molecule has 2 aromatic rings. The number of hydrogen-bond acceptors (Lipinski definition) is 3. The summed E-state index contributed by atoms with van der Waals surface area (Å²) in [6, 6.07) is 2.53. The molecule has 1 heterocycles. The average Bonchev–Trinajstić information content (AvgIpc) is 2.79. The van der Waals surface area contributed by atoms with E-state index in [1.54, 1.807) is 4.68 Å². The number of carbonyl (C=O) groups is 2. The van der Waals surface area contributed by atoms with Gasteiger partial charge in [-0.3, -0.25) is 14.3 Å². The van der Waals surface area contributed by atoms with Crippen molar-refractivity contribution in [2.75, 3.05) is 5.32 Å². The number of amides is 2. The minimum atomic E-state index is -4.66. The van der Waals surface area contributed by atoms with Gasteiger partial charge in [0.1, 0.15) is 0 Å². The smallest absolute Gasteiger partial charge is 0.366 e. The molecule has 2 amide bonds. The highest BCUT2D eigenvalue weighted by atomic mass is 19.4. The summed E-state index contributed by atoms with van der Waals surface area (Å²) in [5.74, 6) is -1.50. The number of nitrogens with two attached hydrogens (primary N) is 1. The van der Waals surface area contributed by atoms with E-state index in [0.717, 1.165) is 29.1 Å². The Morgan fingerprint density at radius 1 is 1.19 bits per heavy atom. The molecule has 0 saturated heterocycles. The summed E-state index contributed by atoms with van der Waals surface area (Å²) >= 11 is 0. The highest BCUT2D eigenvalue weighted by Gasteiger charge is 2.31. The standard InChI is InChI=1S/C17H19F3N4O2/c1-9-10(2)23-24(11(9)3)5-4-15(25)22-14-7-12(16(21)26)6-13(8-14)17(18,19)20/h6-8H,4-5H2,1-3H3,(H2,21,26)(H,22,25). The zero-order chi connectivity index (χ0) is 19.6. The molecule has 6 nitrogen and oxygen atoms in total. The van der Waals surface area contributed by atoms with Gasteiger partial charge in [0.25, 0.3) is 0 Å². The second-order valence-electron chi connectivity index (χ2n) is 5.98. The second-order valence-corrected chi connectivity index (χ2v) is 5.98. The molecule has 26 heavy (non-hydrogen) atoms. The monoisotopic (exact) mass is 368 g/mol. The van der Waals surface area contributed by atoms with Gasteiger partial charge in [0.2, 0.25) is 11.8 Å². The Kier molecular flexibility index (Phi) is 5.38. The normalized spacial score (nSPS) is 11.5. The Balaban J connectivity index is 2.14. The van der Waals surface area contributed by atoms with Crippen LogP contribution in [0.3, 0.4) is 0 Å². The second kappa shape index (κ2) is 7.19. The first-order valence-electron chi connectivity index (χ1n) is 7.81. The highest BCUT2D eigenvalue weighted by molar-refractivity contribution is 5.96. The Labute approximate surface area is 148 Å². The molecule has 1 aromatic carbocycles. The van der Waals surface area contributed by atoms with Gasteiger partial charge in [0.15, 0.2) is 0 Å². The Morgan fingerprint density at radius 2 is 1.85 bits per heavy atom. The van der Waals surface area contributed by atoms with Crippen LogP contribution in [-0.4, -0.2) is 21.6 Å². The van der Waals surface area contributed by atoms with Crippen molar-refractivity contribution in [2.45, 2.75) is 39.9 Å². The molecule has 1 aromatic heterocycles. The maximum absolute atomic E-state index is 12.9. The highest BCUT2D eigenvalue weighted by Crippen LogP contribution is 2.32. The van der Waals surface area contributed by atoms with Crippen molar-refractivity contribution >= 4 is 17.5 Å². The summed E-state index contributed by atoms with van der Waals surface area (Å²) in [5.41, 5.74) is 6.34. The van der Waals surface area contributed by atoms with Crippen LogP contribution in [0.1, 0.15) is 39.3 Å². The number of aromatic nitrogens is 2. The van der Waals surface area contributed by atoms with E-state index >= 15 is 0 Å². The van der Waals surface area contributed by atoms with Crippen LogP contribution < -0.4 is 11.1 Å². The number of carbonyl (C=O) groups excluding carboxylic acids is 2. The number of anilines is 1. The van der Waals surface area contributed by atoms with Crippen molar-refractivity contribution in [3.8, 4) is 0 Å². The van der Waals surface area contributed by atoms with Gasteiger partial charge in [-0.15, -0.1) is 0 Å². The van der Waals surface area contributed by atoms with E-state index in [-0.39, 0.29) is 24.2 Å². The third kappa shape index (κ3) is 4.41. The number of aryl methyl sites for hydroxylation is 2. The van der Waals surface area contributed by atoms with Gasteiger partial charge in [0, 0.05) is 29.9 Å². The number of nitrogens with zero attached hydrogens (tertiary/aromatic N) is 2. The van der Waals surface area contributed by atoms with Gasteiger partial charge in [-0.2, -0.15) is 18.3 Å². The Morgan fingerprint density at radius 3 is 2.35 bits per heavy atom. The largest absolute Gasteiger partial charge is 0.416 e. The van der Waals surface area contributed by atoms with Crippen molar-refractivity contribution in [3.63, 3.8) is 0 Å². The average molecular weight is 368 g/mol. The molecule has 0 radical (unpaired) electrons. The van der Waals surface area contributed by atoms with E-state index in [0.29, 0.717) is 6.07 Å². The lowest BCUT2D eigenvalue weighted by Crippen LogP contribution is -2.18. The number of nitrogens with one attached hydrogen (secondary N) is 1. The van der Waals surface area contributed by atoms with E-state index in [1.807, 2.05) is 20.8 Å². The van der Waals surface area contributed by atoms with Crippen molar-refractivity contribution in [3.05, 3.63) is 46.3 Å². The molecule has 0 aliphatic heterocycles. The van der Waals surface area contributed by atoms with Gasteiger partial charge in [-0.25, -0.2) is 0 Å². The third-order valence-electron chi connectivity index (χ3n) is 4.12. The molecule has 0 bridgehead atoms. The molecular formula is C17H19F3N4O2. The van der Waals surface area contributed by atoms with Gasteiger partial charge >= 0.3 is 6.18 Å². The van der Waals surface area contributed by atoms with Crippen LogP contribution in [0.15, 0.2) is 18.2 Å². The SMILES string of the molecule is Cc1nn(CCC(=O)Nc2cc(C(N)=O)cc(C(F)(F)F)c2)c(C)c1C. The maximum Gasteiger partial charge on any atom is 0.416 e. The van der Waals surface area contributed by atoms with E-state index in [4.69, 9.17) is 5.73 Å². The van der Waals surface area contributed by atoms with Crippen molar-refractivity contribution in [1.29, 1.82) is 0 Å². The minimum absolute atomic E-state index is 0.0174. The van der Waals surface area contributed by atoms with Crippen LogP contribution in [0.2, 0.25) is 0 Å². The molecule has 140 valence electrons. The first kappa shape index (κ1) is 19.5. The minimum Gasteiger partial charge on any atom is -0.366 e. The number of alkyl halides is 3. The summed E-state index contributed by atoms with van der Waals surface area (Å²) < 4.78 is 40.5. The topological polar surface area (TPSA) is 90.0 Å². The van der Waals surface area contributed by atoms with Crippen LogP contribution in [0.4, 0.5) is 18.9 Å². The predicted octanol–water partition coefficient (Wildman–Crippen LogP) is 2.95. The molecule has 3 N–H and O–H groups in total. The number of rotatable bonds is 5. The third-order valence-corrected chi connectivity index (χ3v) is 4.12. The maximum atomic E-state index is 12.9. The lowest BCUT2D eigenvalue weighted by Gasteiger charge is -2.12. The molecule has 0 aliphatic rings. The zero-order valence-electron chi connectivity index (χ0n) is 14.6. The first-order chi connectivity index (χ1) is 12.0. The molecule has 9 heteroatoms. The summed E-state index contributed by atoms with van der Waals surface area (Å²) in [6.07, 6.45) is -4.64. The van der Waals surface area contributed by atoms with Crippen LogP contribution in [-0.2, 0) is 17.5 Å². The van der Waals surface area contributed by atoms with E-state index in [1.165, 1.54) is 0 Å². The lowest BCUT2D eigenvalue weighted by molar-refractivity contribution is -0.137. The summed E-state index contributed by atoms with van der Waals surface area (Å²) in [4.78, 5) is 23.3. The number of hydrogen-bond donors (Lipinski definition) is 2. The summed E-state index contributed by atoms with van der Waals surface area (Å²) in [6.45, 7) is 5.93. The van der Waals surface area contributed by atoms with Crippen LogP contribution in [0.5, 0.6) is 0 Å². The van der Waals surface area contributed by atoms with Crippen LogP contribution in [0.25, 0.3) is 0 Å². The molecule has 2 rings (SSSR count). The quantitative estimate of drug-likeness (QED) is 0.850. The Bertz CT molecular complexity index is 856. The van der Waals surface area contributed by atoms with Gasteiger partial charge in [-0.1, -0.05) is 0 Å². The van der Waals surface area contributed by atoms with Gasteiger partial charge < -0.3 is 11.1 Å². The molecule has 0 aliphatic carbocycles. The molecule has 0 spiro atoms. The van der Waals surface area contributed by atoms with Crippen LogP contribution in [0, 0.1) is 20.8 Å². The van der Waals surface area contributed by atoms with E-state index in [2.05, 4.69) is 10.4 Å². The number of benzene rings is 1. The fraction of sp³-hybridized carbons (Fsp3) is 0.353. The predicted molar refractivity (Wildman–Crippen MR) is 89.6 cm³/mol. The zero-order valence-corrected chi connectivity index (χ0v) is 14.6. The summed E-state index contributed by atoms with van der Waals surface area (Å²) in [7, 11) is 0. The molecule has 0 fully saturated rings. The van der Waals surface area contributed by atoms with Crippen LogP contribution >= 0.6 is 0 Å². The van der Waals surface area contributed by atoms with Crippen molar-refractivity contribution < 1.29 is 22.8 Å². The summed E-state index contributed by atoms with van der Waals surface area (Å²) in [5, 5.41) is 6.67. The molecule has 0 saturated carbocycles. The number of halogens is 3. The molecule has 0 unspecified atom stereocenters. The fourth-order valence-corrected chi connectivity index (χ4v) is 2.44. The van der Waals surface area contributed by atoms with Gasteiger partial charge in [0.05, 0.1) is 11.3 Å². The first-order valence-corrected chi connectivity index (χ1v) is 7.81. The molecule has 0 atom stereocenters. The van der Waals surface area contributed by atoms with E-state index in [9.17, 15) is 22.8 Å². The molecular weight excluding hydrogens is 349 g/mol. The van der Waals surface area contributed by atoms with Gasteiger partial charge in [-0.05, 0) is 44.5 Å². The van der Waals surface area contributed by atoms with Crippen molar-refractivity contribution in [1.82, 2.24) is 9.78 Å². The fourth-order valence-electron chi connectivity index (χ4n) is 2.44.